The average molecular weight is 268 g/mol. The lowest BCUT2D eigenvalue weighted by molar-refractivity contribution is 0.0424. The number of rotatable bonds is 9. The maximum atomic E-state index is 9.57. The third-order valence-corrected chi connectivity index (χ3v) is 2.69. The molecule has 108 valence electrons. The first-order chi connectivity index (χ1) is 9.11. The summed E-state index contributed by atoms with van der Waals surface area (Å²) in [6.45, 7) is 2.47. The number of methoxy groups -OCH3 is 1. The number of hydrogen-bond donors (Lipinski definition) is 2. The van der Waals surface area contributed by atoms with Crippen molar-refractivity contribution in [1.82, 2.24) is 4.90 Å². The molecule has 0 heterocycles. The summed E-state index contributed by atoms with van der Waals surface area (Å²) in [5.74, 6) is 0.794. The Morgan fingerprint density at radius 2 is 2.21 bits per heavy atom. The molecule has 0 aliphatic rings. The molecule has 1 rings (SSSR count). The van der Waals surface area contributed by atoms with Crippen LogP contribution < -0.4 is 10.5 Å². The number of aliphatic hydroxyl groups is 1. The van der Waals surface area contributed by atoms with Gasteiger partial charge in [0.25, 0.3) is 0 Å². The van der Waals surface area contributed by atoms with Crippen molar-refractivity contribution < 1.29 is 14.6 Å². The van der Waals surface area contributed by atoms with Gasteiger partial charge < -0.3 is 25.2 Å². The molecule has 0 aliphatic heterocycles. The first kappa shape index (κ1) is 15.8. The minimum atomic E-state index is -0.440. The van der Waals surface area contributed by atoms with Crippen LogP contribution in [-0.2, 0) is 4.74 Å². The molecular formula is C14H24N2O3. The van der Waals surface area contributed by atoms with Crippen LogP contribution in [0.25, 0.3) is 0 Å². The number of nitrogens with zero attached hydrogens (tertiary/aromatic N) is 1. The van der Waals surface area contributed by atoms with E-state index in [2.05, 4.69) is 4.90 Å². The van der Waals surface area contributed by atoms with E-state index in [1.54, 1.807) is 7.11 Å². The normalized spacial score (nSPS) is 12.6. The summed E-state index contributed by atoms with van der Waals surface area (Å²) in [5.41, 5.74) is 6.37. The fraction of sp³-hybridized carbons (Fsp3) is 0.571. The van der Waals surface area contributed by atoms with Crippen LogP contribution in [0.3, 0.4) is 0 Å². The minimum Gasteiger partial charge on any atom is -0.493 e. The zero-order valence-electron chi connectivity index (χ0n) is 11.7. The van der Waals surface area contributed by atoms with E-state index in [-0.39, 0.29) is 0 Å². The summed E-state index contributed by atoms with van der Waals surface area (Å²) in [5, 5.41) is 9.57. The zero-order valence-corrected chi connectivity index (χ0v) is 11.7. The Labute approximate surface area is 114 Å². The molecule has 0 aromatic heterocycles. The predicted octanol–water partition coefficient (Wildman–Crippen LogP) is 0.977. The van der Waals surface area contributed by atoms with Crippen LogP contribution >= 0.6 is 0 Å². The second-order valence-electron chi connectivity index (χ2n) is 4.65. The molecule has 0 amide bonds. The molecule has 1 aromatic rings. The monoisotopic (exact) mass is 268 g/mol. The van der Waals surface area contributed by atoms with Crippen molar-refractivity contribution in [3.63, 3.8) is 0 Å². The van der Waals surface area contributed by atoms with Gasteiger partial charge in [0.2, 0.25) is 0 Å². The predicted molar refractivity (Wildman–Crippen MR) is 76.3 cm³/mol. The molecule has 1 unspecified atom stereocenters. The van der Waals surface area contributed by atoms with Gasteiger partial charge in [-0.3, -0.25) is 0 Å². The van der Waals surface area contributed by atoms with Crippen LogP contribution in [-0.4, -0.2) is 56.6 Å². The number of anilines is 1. The number of nitrogen functional groups attached to an aromatic ring is 1. The van der Waals surface area contributed by atoms with Crippen molar-refractivity contribution in [2.45, 2.75) is 12.5 Å². The zero-order chi connectivity index (χ0) is 14.1. The molecule has 5 heteroatoms. The van der Waals surface area contributed by atoms with Gasteiger partial charge in [-0.1, -0.05) is 6.07 Å². The minimum absolute atomic E-state index is 0.365. The van der Waals surface area contributed by atoms with Crippen molar-refractivity contribution in [1.29, 1.82) is 0 Å². The lowest BCUT2D eigenvalue weighted by Crippen LogP contribution is -2.33. The summed E-state index contributed by atoms with van der Waals surface area (Å²) in [4.78, 5) is 2.06. The summed E-state index contributed by atoms with van der Waals surface area (Å²) < 4.78 is 10.5. The number of hydrogen-bond acceptors (Lipinski definition) is 5. The molecule has 0 bridgehead atoms. The van der Waals surface area contributed by atoms with E-state index in [9.17, 15) is 5.11 Å². The molecule has 1 atom stereocenters. The summed E-state index contributed by atoms with van der Waals surface area (Å²) >= 11 is 0. The summed E-state index contributed by atoms with van der Waals surface area (Å²) in [6.07, 6.45) is 0.454. The van der Waals surface area contributed by atoms with E-state index in [1.165, 1.54) is 0 Å². The second-order valence-corrected chi connectivity index (χ2v) is 4.65. The standard InChI is InChI=1S/C14H24N2O3/c1-16(10-13(17)11-18-2)7-4-8-19-14-6-3-5-12(15)9-14/h3,5-6,9,13,17H,4,7-8,10-11,15H2,1-2H3. The fourth-order valence-corrected chi connectivity index (χ4v) is 1.82. The van der Waals surface area contributed by atoms with Crippen LogP contribution in [0.1, 0.15) is 6.42 Å². The van der Waals surface area contributed by atoms with E-state index >= 15 is 0 Å². The number of ether oxygens (including phenoxy) is 2. The Balaban J connectivity index is 2.13. The number of nitrogens with two attached hydrogens (primary N) is 1. The van der Waals surface area contributed by atoms with E-state index in [1.807, 2.05) is 31.3 Å². The fourth-order valence-electron chi connectivity index (χ4n) is 1.82. The van der Waals surface area contributed by atoms with Crippen molar-refractivity contribution in [3.8, 4) is 5.75 Å². The second kappa shape index (κ2) is 8.74. The number of aliphatic hydroxyl groups excluding tert-OH is 1. The summed E-state index contributed by atoms with van der Waals surface area (Å²) in [6, 6.07) is 7.41. The first-order valence-corrected chi connectivity index (χ1v) is 6.45. The van der Waals surface area contributed by atoms with Gasteiger partial charge in [0.15, 0.2) is 0 Å². The molecule has 0 radical (unpaired) electrons. The quantitative estimate of drug-likeness (QED) is 0.516. The SMILES string of the molecule is COCC(O)CN(C)CCCOc1cccc(N)c1. The maximum Gasteiger partial charge on any atom is 0.121 e. The Kier molecular flexibility index (Phi) is 7.25. The van der Waals surface area contributed by atoms with E-state index in [0.717, 1.165) is 18.7 Å². The molecule has 3 N–H and O–H groups in total. The number of likely N-dealkylation sites (N-methyl/N-ethyl adjacent to an activating group) is 1. The highest BCUT2D eigenvalue weighted by Crippen LogP contribution is 2.14. The molecule has 0 fully saturated rings. The Morgan fingerprint density at radius 1 is 1.42 bits per heavy atom. The Bertz CT molecular complexity index is 360. The molecular weight excluding hydrogens is 244 g/mol. The van der Waals surface area contributed by atoms with Crippen LogP contribution in [0.5, 0.6) is 5.75 Å². The van der Waals surface area contributed by atoms with Crippen molar-refractivity contribution in [2.24, 2.45) is 0 Å². The van der Waals surface area contributed by atoms with E-state index < -0.39 is 6.10 Å². The van der Waals surface area contributed by atoms with Gasteiger partial charge >= 0.3 is 0 Å². The van der Waals surface area contributed by atoms with Gasteiger partial charge in [0.1, 0.15) is 5.75 Å². The van der Waals surface area contributed by atoms with Gasteiger partial charge in [0.05, 0.1) is 19.3 Å². The van der Waals surface area contributed by atoms with Crippen LogP contribution in [0, 0.1) is 0 Å². The molecule has 0 saturated heterocycles. The summed E-state index contributed by atoms with van der Waals surface area (Å²) in [7, 11) is 3.56. The van der Waals surface area contributed by atoms with E-state index in [4.69, 9.17) is 15.2 Å². The molecule has 19 heavy (non-hydrogen) atoms. The van der Waals surface area contributed by atoms with Gasteiger partial charge in [0, 0.05) is 32.0 Å². The highest BCUT2D eigenvalue weighted by molar-refractivity contribution is 5.43. The van der Waals surface area contributed by atoms with E-state index in [0.29, 0.717) is 25.4 Å². The largest absolute Gasteiger partial charge is 0.493 e. The molecule has 0 aliphatic carbocycles. The molecule has 1 aromatic carbocycles. The van der Waals surface area contributed by atoms with Gasteiger partial charge in [-0.2, -0.15) is 0 Å². The van der Waals surface area contributed by atoms with Crippen LogP contribution in [0.15, 0.2) is 24.3 Å². The highest BCUT2D eigenvalue weighted by Gasteiger charge is 2.07. The lowest BCUT2D eigenvalue weighted by atomic mass is 10.3. The van der Waals surface area contributed by atoms with Gasteiger partial charge in [-0.05, 0) is 25.6 Å². The number of benzene rings is 1. The first-order valence-electron chi connectivity index (χ1n) is 6.45. The Hall–Kier alpha value is -1.30. The third-order valence-electron chi connectivity index (χ3n) is 2.69. The molecule has 0 spiro atoms. The van der Waals surface area contributed by atoms with Gasteiger partial charge in [-0.25, -0.2) is 0 Å². The Morgan fingerprint density at radius 3 is 2.89 bits per heavy atom. The van der Waals surface area contributed by atoms with Crippen molar-refractivity contribution in [2.75, 3.05) is 46.2 Å². The topological polar surface area (TPSA) is 68.0 Å². The van der Waals surface area contributed by atoms with Crippen LogP contribution in [0.2, 0.25) is 0 Å². The van der Waals surface area contributed by atoms with Crippen molar-refractivity contribution >= 4 is 5.69 Å². The smallest absolute Gasteiger partial charge is 0.121 e. The highest BCUT2D eigenvalue weighted by atomic mass is 16.5. The third kappa shape index (κ3) is 7.00. The average Bonchev–Trinajstić information content (AvgIpc) is 2.35. The van der Waals surface area contributed by atoms with Gasteiger partial charge in [-0.15, -0.1) is 0 Å². The maximum absolute atomic E-state index is 9.57. The van der Waals surface area contributed by atoms with Crippen LogP contribution in [0.4, 0.5) is 5.69 Å². The van der Waals surface area contributed by atoms with Crippen molar-refractivity contribution in [3.05, 3.63) is 24.3 Å². The lowest BCUT2D eigenvalue weighted by Gasteiger charge is -2.20. The molecule has 0 saturated carbocycles. The molecule has 5 nitrogen and oxygen atoms in total.